The quantitative estimate of drug-likeness (QED) is 0.832. The third kappa shape index (κ3) is 4.06. The summed E-state index contributed by atoms with van der Waals surface area (Å²) in [6.07, 6.45) is -0.0975. The van der Waals surface area contributed by atoms with Crippen molar-refractivity contribution >= 4 is 12.0 Å². The minimum atomic E-state index is -0.353. The van der Waals surface area contributed by atoms with Crippen LogP contribution in [0.3, 0.4) is 0 Å². The van der Waals surface area contributed by atoms with Crippen molar-refractivity contribution in [1.82, 2.24) is 9.80 Å². The van der Waals surface area contributed by atoms with E-state index in [4.69, 9.17) is 9.47 Å². The molecule has 1 fully saturated rings. The van der Waals surface area contributed by atoms with Crippen LogP contribution in [0.15, 0.2) is 18.2 Å². The number of methoxy groups -OCH3 is 3. The Morgan fingerprint density at radius 3 is 2.22 bits per heavy atom. The number of piperazine rings is 1. The molecule has 0 aliphatic carbocycles. The van der Waals surface area contributed by atoms with E-state index in [9.17, 15) is 9.59 Å². The maximum absolute atomic E-state index is 12.4. The summed E-state index contributed by atoms with van der Waals surface area (Å²) in [5.41, 5.74) is 0.814. The third-order valence-corrected chi connectivity index (χ3v) is 3.90. The fourth-order valence-corrected chi connectivity index (χ4v) is 2.54. The highest BCUT2D eigenvalue weighted by molar-refractivity contribution is 5.80. The molecule has 0 atom stereocenters. The van der Waals surface area contributed by atoms with E-state index >= 15 is 0 Å². The van der Waals surface area contributed by atoms with Gasteiger partial charge in [0, 0.05) is 37.8 Å². The van der Waals surface area contributed by atoms with Crippen LogP contribution in [-0.4, -0.2) is 69.3 Å². The van der Waals surface area contributed by atoms with E-state index in [1.54, 1.807) is 36.2 Å². The molecule has 126 valence electrons. The Morgan fingerprint density at radius 2 is 1.65 bits per heavy atom. The molecule has 1 aliphatic heterocycles. The number of carbonyl (C=O) groups excluding carboxylic acids is 2. The Hall–Kier alpha value is -2.44. The van der Waals surface area contributed by atoms with Crippen LogP contribution >= 0.6 is 0 Å². The number of hydrogen-bond acceptors (Lipinski definition) is 5. The molecule has 2 amide bonds. The van der Waals surface area contributed by atoms with Crippen LogP contribution in [0.2, 0.25) is 0 Å². The van der Waals surface area contributed by atoms with Crippen LogP contribution in [0, 0.1) is 0 Å². The topological polar surface area (TPSA) is 68.3 Å². The van der Waals surface area contributed by atoms with Gasteiger partial charge in [-0.3, -0.25) is 4.79 Å². The SMILES string of the molecule is COC(=O)N1CCN(C(=O)Cc2ccc(OC)cc2OC)CC1. The van der Waals surface area contributed by atoms with Gasteiger partial charge in [0.1, 0.15) is 11.5 Å². The van der Waals surface area contributed by atoms with Gasteiger partial charge in [0.25, 0.3) is 0 Å². The van der Waals surface area contributed by atoms with E-state index in [0.717, 1.165) is 5.56 Å². The molecule has 0 N–H and O–H groups in total. The molecule has 1 saturated heterocycles. The molecular formula is C16H22N2O5. The molecule has 0 radical (unpaired) electrons. The Morgan fingerprint density at radius 1 is 1.00 bits per heavy atom. The largest absolute Gasteiger partial charge is 0.497 e. The van der Waals surface area contributed by atoms with Gasteiger partial charge in [-0.2, -0.15) is 0 Å². The van der Waals surface area contributed by atoms with E-state index < -0.39 is 0 Å². The highest BCUT2D eigenvalue weighted by Crippen LogP contribution is 2.25. The van der Waals surface area contributed by atoms with Crippen molar-refractivity contribution in [3.05, 3.63) is 23.8 Å². The van der Waals surface area contributed by atoms with Crippen molar-refractivity contribution in [2.24, 2.45) is 0 Å². The van der Waals surface area contributed by atoms with E-state index in [1.807, 2.05) is 6.07 Å². The van der Waals surface area contributed by atoms with Gasteiger partial charge in [0.2, 0.25) is 5.91 Å². The molecule has 23 heavy (non-hydrogen) atoms. The van der Waals surface area contributed by atoms with Crippen molar-refractivity contribution in [1.29, 1.82) is 0 Å². The lowest BCUT2D eigenvalue weighted by Gasteiger charge is -2.34. The second-order valence-corrected chi connectivity index (χ2v) is 5.19. The summed E-state index contributed by atoms with van der Waals surface area (Å²) in [4.78, 5) is 27.2. The van der Waals surface area contributed by atoms with Crippen LogP contribution in [0.25, 0.3) is 0 Å². The number of benzene rings is 1. The zero-order valence-corrected chi connectivity index (χ0v) is 13.7. The normalized spacial score (nSPS) is 14.4. The number of carbonyl (C=O) groups is 2. The van der Waals surface area contributed by atoms with Crippen LogP contribution in [0.5, 0.6) is 11.5 Å². The molecule has 0 unspecified atom stereocenters. The minimum Gasteiger partial charge on any atom is -0.497 e. The predicted molar refractivity (Wildman–Crippen MR) is 83.8 cm³/mol. The van der Waals surface area contributed by atoms with Crippen molar-refractivity contribution in [2.75, 3.05) is 47.5 Å². The van der Waals surface area contributed by atoms with E-state index in [-0.39, 0.29) is 18.4 Å². The average molecular weight is 322 g/mol. The lowest BCUT2D eigenvalue weighted by Crippen LogP contribution is -2.50. The maximum atomic E-state index is 12.4. The summed E-state index contributed by atoms with van der Waals surface area (Å²) in [5.74, 6) is 1.33. The first kappa shape index (κ1) is 16.9. The molecule has 1 heterocycles. The molecule has 1 aromatic carbocycles. The average Bonchev–Trinajstić information content (AvgIpc) is 2.61. The Bertz CT molecular complexity index is 568. The summed E-state index contributed by atoms with van der Waals surface area (Å²) in [7, 11) is 4.51. The fourth-order valence-electron chi connectivity index (χ4n) is 2.54. The van der Waals surface area contributed by atoms with Crippen LogP contribution < -0.4 is 9.47 Å². The highest BCUT2D eigenvalue weighted by Gasteiger charge is 2.25. The summed E-state index contributed by atoms with van der Waals surface area (Å²) in [6.45, 7) is 1.98. The Kier molecular flexibility index (Phi) is 5.67. The lowest BCUT2D eigenvalue weighted by molar-refractivity contribution is -0.132. The van der Waals surface area contributed by atoms with Crippen LogP contribution in [0.1, 0.15) is 5.56 Å². The summed E-state index contributed by atoms with van der Waals surface area (Å²) in [5, 5.41) is 0. The number of amides is 2. The molecule has 2 rings (SSSR count). The minimum absolute atomic E-state index is 0.0120. The van der Waals surface area contributed by atoms with Gasteiger partial charge in [-0.1, -0.05) is 6.07 Å². The molecule has 7 heteroatoms. The monoisotopic (exact) mass is 322 g/mol. The summed E-state index contributed by atoms with van der Waals surface area (Å²) >= 11 is 0. The van der Waals surface area contributed by atoms with Gasteiger partial charge in [-0.05, 0) is 6.07 Å². The van der Waals surface area contributed by atoms with Crippen LogP contribution in [-0.2, 0) is 16.0 Å². The molecule has 0 bridgehead atoms. The van der Waals surface area contributed by atoms with Crippen molar-refractivity contribution in [2.45, 2.75) is 6.42 Å². The smallest absolute Gasteiger partial charge is 0.409 e. The van der Waals surface area contributed by atoms with Gasteiger partial charge < -0.3 is 24.0 Å². The third-order valence-electron chi connectivity index (χ3n) is 3.90. The van der Waals surface area contributed by atoms with Gasteiger partial charge in [-0.25, -0.2) is 4.79 Å². The number of nitrogens with zero attached hydrogens (tertiary/aromatic N) is 2. The second-order valence-electron chi connectivity index (χ2n) is 5.19. The first-order valence-electron chi connectivity index (χ1n) is 7.40. The lowest BCUT2D eigenvalue weighted by atomic mass is 10.1. The standard InChI is InChI=1S/C16H22N2O5/c1-21-13-5-4-12(14(11-13)22-2)10-15(19)17-6-8-18(9-7-17)16(20)23-3/h4-5,11H,6-10H2,1-3H3. The zero-order valence-electron chi connectivity index (χ0n) is 13.7. The second kappa shape index (κ2) is 7.71. The molecular weight excluding hydrogens is 300 g/mol. The number of hydrogen-bond donors (Lipinski definition) is 0. The summed E-state index contributed by atoms with van der Waals surface area (Å²) < 4.78 is 15.2. The molecule has 0 saturated carbocycles. The maximum Gasteiger partial charge on any atom is 0.409 e. The molecule has 1 aromatic rings. The van der Waals surface area contributed by atoms with Gasteiger partial charge >= 0.3 is 6.09 Å². The van der Waals surface area contributed by atoms with Crippen molar-refractivity contribution in [3.63, 3.8) is 0 Å². The van der Waals surface area contributed by atoms with Gasteiger partial charge in [0.05, 0.1) is 27.8 Å². The zero-order chi connectivity index (χ0) is 16.8. The van der Waals surface area contributed by atoms with Crippen molar-refractivity contribution in [3.8, 4) is 11.5 Å². The van der Waals surface area contributed by atoms with E-state index in [2.05, 4.69) is 4.74 Å². The van der Waals surface area contributed by atoms with Gasteiger partial charge in [-0.15, -0.1) is 0 Å². The Labute approximate surface area is 135 Å². The Balaban J connectivity index is 1.96. The molecule has 1 aliphatic rings. The molecule has 7 nitrogen and oxygen atoms in total. The fraction of sp³-hybridized carbons (Fsp3) is 0.500. The van der Waals surface area contributed by atoms with Crippen molar-refractivity contribution < 1.29 is 23.8 Å². The predicted octanol–water partition coefficient (Wildman–Crippen LogP) is 1.16. The first-order chi connectivity index (χ1) is 11.1. The highest BCUT2D eigenvalue weighted by atomic mass is 16.5. The van der Waals surface area contributed by atoms with E-state index in [1.165, 1.54) is 7.11 Å². The first-order valence-corrected chi connectivity index (χ1v) is 7.40. The molecule has 0 aromatic heterocycles. The summed E-state index contributed by atoms with van der Waals surface area (Å²) in [6, 6.07) is 5.40. The number of ether oxygens (including phenoxy) is 3. The van der Waals surface area contributed by atoms with E-state index in [0.29, 0.717) is 37.7 Å². The molecule has 0 spiro atoms. The van der Waals surface area contributed by atoms with Crippen LogP contribution in [0.4, 0.5) is 4.79 Å². The van der Waals surface area contributed by atoms with Gasteiger partial charge in [0.15, 0.2) is 0 Å². The number of rotatable bonds is 4.